The number of halogens is 3. The molecule has 4 atom stereocenters. The van der Waals surface area contributed by atoms with Crippen molar-refractivity contribution in [3.05, 3.63) is 53.0 Å². The minimum atomic E-state index is -1.37. The van der Waals surface area contributed by atoms with Gasteiger partial charge in [0.1, 0.15) is 35.7 Å². The molecule has 0 bridgehead atoms. The maximum absolute atomic E-state index is 14.4. The van der Waals surface area contributed by atoms with Crippen LogP contribution in [0.5, 0.6) is 0 Å². The lowest BCUT2D eigenvalue weighted by Crippen LogP contribution is -2.38. The van der Waals surface area contributed by atoms with Crippen LogP contribution in [0.15, 0.2) is 29.5 Å². The molecule has 1 aromatic heterocycles. The van der Waals surface area contributed by atoms with Gasteiger partial charge in [0.05, 0.1) is 42.5 Å². The Kier molecular flexibility index (Phi) is 5.32. The van der Waals surface area contributed by atoms with Crippen LogP contribution in [0.3, 0.4) is 0 Å². The van der Waals surface area contributed by atoms with Crippen molar-refractivity contribution >= 4 is 17.4 Å². The average molecular weight is 445 g/mol. The first-order valence-corrected chi connectivity index (χ1v) is 10.7. The molecule has 2 N–H and O–H groups in total. The fourth-order valence-corrected chi connectivity index (χ4v) is 4.80. The molecule has 2 aliphatic heterocycles. The Morgan fingerprint density at radius 2 is 2.06 bits per heavy atom. The molecule has 1 aliphatic carbocycles. The van der Waals surface area contributed by atoms with Gasteiger partial charge in [0.25, 0.3) is 5.91 Å². The highest BCUT2D eigenvalue weighted by Crippen LogP contribution is 2.37. The summed E-state index contributed by atoms with van der Waals surface area (Å²) in [4.78, 5) is 27.5. The normalized spacial score (nSPS) is 26.9. The molecule has 1 saturated heterocycles. The molecule has 0 spiro atoms. The molecule has 5 rings (SSSR count). The largest absolute Gasteiger partial charge is 0.391 e. The van der Waals surface area contributed by atoms with E-state index in [2.05, 4.69) is 20.3 Å². The molecule has 168 valence electrons. The highest BCUT2D eigenvalue weighted by atomic mass is 19.1. The number of hydrogen-bond acceptors (Lipinski definition) is 6. The topological polar surface area (TPSA) is 90.7 Å². The zero-order valence-corrected chi connectivity index (χ0v) is 17.1. The van der Waals surface area contributed by atoms with Crippen molar-refractivity contribution in [3.63, 3.8) is 0 Å². The van der Waals surface area contributed by atoms with Crippen molar-refractivity contribution in [3.8, 4) is 0 Å². The first-order valence-electron chi connectivity index (χ1n) is 10.7. The van der Waals surface area contributed by atoms with Gasteiger partial charge in [-0.2, -0.15) is 0 Å². The number of benzene rings is 1. The number of carbonyl (C=O) groups excluding carboxylic acids is 1. The first-order chi connectivity index (χ1) is 15.4. The summed E-state index contributed by atoms with van der Waals surface area (Å²) in [6, 6.07) is 1.81. The highest BCUT2D eigenvalue weighted by Gasteiger charge is 2.41. The van der Waals surface area contributed by atoms with Gasteiger partial charge in [0.2, 0.25) is 0 Å². The molecular weight excluding hydrogens is 423 g/mol. The van der Waals surface area contributed by atoms with Gasteiger partial charge in [-0.1, -0.05) is 0 Å². The highest BCUT2D eigenvalue weighted by molar-refractivity contribution is 6.47. The number of aliphatic imine (C=N–C) groups is 1. The Morgan fingerprint density at radius 1 is 1.22 bits per heavy atom. The Balaban J connectivity index is 1.46. The molecule has 3 heterocycles. The molecular formula is C22H22F3N5O2. The summed E-state index contributed by atoms with van der Waals surface area (Å²) in [5, 5.41) is 13.4. The number of nitrogens with zero attached hydrogens (tertiary/aromatic N) is 4. The van der Waals surface area contributed by atoms with Crippen molar-refractivity contribution in [2.24, 2.45) is 4.99 Å². The number of anilines is 1. The molecule has 1 saturated carbocycles. The van der Waals surface area contributed by atoms with Crippen molar-refractivity contribution < 1.29 is 23.1 Å². The maximum atomic E-state index is 14.4. The Hall–Kier alpha value is -3.01. The fraction of sp³-hybridized carbons (Fsp3) is 0.455. The summed E-state index contributed by atoms with van der Waals surface area (Å²) in [5.74, 6) is -1.55. The van der Waals surface area contributed by atoms with E-state index in [-0.39, 0.29) is 36.8 Å². The lowest BCUT2D eigenvalue weighted by atomic mass is 10.0. The molecule has 0 radical (unpaired) electrons. The SMILES string of the molecule is O=C(C1=NCc2ncnc(N[C@@H]3CCC[C@H]3O)c21)N1C[C@@H](F)C[C@@H]1c1cc(F)ccc1F. The van der Waals surface area contributed by atoms with Crippen LogP contribution in [0.2, 0.25) is 0 Å². The first kappa shape index (κ1) is 20.9. The number of likely N-dealkylation sites (tertiary alicyclic amines) is 1. The second kappa shape index (κ2) is 8.16. The van der Waals surface area contributed by atoms with Crippen LogP contribution in [-0.4, -0.2) is 56.5 Å². The van der Waals surface area contributed by atoms with E-state index in [0.29, 0.717) is 23.5 Å². The molecule has 1 amide bonds. The fourth-order valence-electron chi connectivity index (χ4n) is 4.80. The second-order valence-electron chi connectivity index (χ2n) is 8.43. The van der Waals surface area contributed by atoms with Gasteiger partial charge >= 0.3 is 0 Å². The van der Waals surface area contributed by atoms with E-state index in [0.717, 1.165) is 31.0 Å². The van der Waals surface area contributed by atoms with E-state index in [1.807, 2.05) is 0 Å². The molecule has 3 aliphatic rings. The summed E-state index contributed by atoms with van der Waals surface area (Å²) in [6.07, 6.45) is 1.66. The quantitative estimate of drug-likeness (QED) is 0.755. The number of amides is 1. The lowest BCUT2D eigenvalue weighted by Gasteiger charge is -2.26. The van der Waals surface area contributed by atoms with Crippen molar-refractivity contribution in [1.29, 1.82) is 0 Å². The summed E-state index contributed by atoms with van der Waals surface area (Å²) in [5.41, 5.74) is 0.959. The molecule has 7 nitrogen and oxygen atoms in total. The standard InChI is InChI=1S/C22H22F3N5O2/c23-11-4-5-14(25)13(6-11)17-7-12(24)9-30(17)22(32)20-19-16(8-26-20)27-10-28-21(19)29-15-2-1-3-18(15)31/h4-6,10,12,15,17-18,31H,1-3,7-9H2,(H,27,28,29)/t12-,15+,17+,18+/m0/s1. The summed E-state index contributed by atoms with van der Waals surface area (Å²) < 4.78 is 42.6. The van der Waals surface area contributed by atoms with Crippen LogP contribution >= 0.6 is 0 Å². The van der Waals surface area contributed by atoms with E-state index >= 15 is 0 Å². The summed E-state index contributed by atoms with van der Waals surface area (Å²) in [6.45, 7) is -0.0850. The molecule has 10 heteroatoms. The Labute approximate surface area is 182 Å². The average Bonchev–Trinajstić information content (AvgIpc) is 3.48. The molecule has 1 aromatic carbocycles. The summed E-state index contributed by atoms with van der Waals surface area (Å²) in [7, 11) is 0. The van der Waals surface area contributed by atoms with E-state index in [4.69, 9.17) is 0 Å². The van der Waals surface area contributed by atoms with Crippen molar-refractivity contribution in [2.45, 2.75) is 56.6 Å². The van der Waals surface area contributed by atoms with E-state index in [9.17, 15) is 23.1 Å². The predicted octanol–water partition coefficient (Wildman–Crippen LogP) is 2.69. The van der Waals surface area contributed by atoms with E-state index in [1.54, 1.807) is 0 Å². The van der Waals surface area contributed by atoms with Crippen molar-refractivity contribution in [2.75, 3.05) is 11.9 Å². The number of aliphatic hydroxyl groups is 1. The van der Waals surface area contributed by atoms with E-state index < -0.39 is 35.9 Å². The second-order valence-corrected chi connectivity index (χ2v) is 8.43. The van der Waals surface area contributed by atoms with Crippen LogP contribution in [0.1, 0.15) is 48.5 Å². The smallest absolute Gasteiger partial charge is 0.273 e. The van der Waals surface area contributed by atoms with Gasteiger partial charge in [-0.15, -0.1) is 0 Å². The predicted molar refractivity (Wildman–Crippen MR) is 110 cm³/mol. The third-order valence-corrected chi connectivity index (χ3v) is 6.38. The van der Waals surface area contributed by atoms with Gasteiger partial charge in [0, 0.05) is 12.0 Å². The number of hydrogen-bond donors (Lipinski definition) is 2. The maximum Gasteiger partial charge on any atom is 0.273 e. The van der Waals surface area contributed by atoms with E-state index in [1.165, 1.54) is 11.2 Å². The van der Waals surface area contributed by atoms with Crippen LogP contribution in [-0.2, 0) is 11.3 Å². The molecule has 2 fully saturated rings. The van der Waals surface area contributed by atoms with Crippen LogP contribution in [0.4, 0.5) is 19.0 Å². The van der Waals surface area contributed by atoms with Crippen LogP contribution < -0.4 is 5.32 Å². The van der Waals surface area contributed by atoms with Gasteiger partial charge in [-0.25, -0.2) is 23.1 Å². The number of rotatable bonds is 4. The number of carbonyl (C=O) groups is 1. The molecule has 0 unspecified atom stereocenters. The molecule has 32 heavy (non-hydrogen) atoms. The van der Waals surface area contributed by atoms with Gasteiger partial charge in [-0.05, 0) is 37.5 Å². The zero-order valence-electron chi connectivity index (χ0n) is 17.1. The zero-order chi connectivity index (χ0) is 22.4. The third kappa shape index (κ3) is 3.62. The number of aliphatic hydroxyl groups excluding tert-OH is 1. The number of fused-ring (bicyclic) bond motifs is 1. The van der Waals surface area contributed by atoms with Crippen LogP contribution in [0, 0.1) is 11.6 Å². The van der Waals surface area contributed by atoms with Crippen LogP contribution in [0.25, 0.3) is 0 Å². The Bertz CT molecular complexity index is 1100. The van der Waals surface area contributed by atoms with Gasteiger partial charge < -0.3 is 15.3 Å². The molecule has 2 aromatic rings. The minimum Gasteiger partial charge on any atom is -0.391 e. The van der Waals surface area contributed by atoms with Gasteiger partial charge in [-0.3, -0.25) is 9.79 Å². The third-order valence-electron chi connectivity index (χ3n) is 6.38. The number of aromatic nitrogens is 2. The summed E-state index contributed by atoms with van der Waals surface area (Å²) >= 11 is 0. The minimum absolute atomic E-state index is 0.0611. The number of alkyl halides is 1. The van der Waals surface area contributed by atoms with Gasteiger partial charge in [0.15, 0.2) is 0 Å². The van der Waals surface area contributed by atoms with Crippen molar-refractivity contribution in [1.82, 2.24) is 14.9 Å². The number of nitrogens with one attached hydrogen (secondary N) is 1. The monoisotopic (exact) mass is 445 g/mol. The lowest BCUT2D eigenvalue weighted by molar-refractivity contribution is -0.125. The Morgan fingerprint density at radius 3 is 2.84 bits per heavy atom.